The first-order chi connectivity index (χ1) is 9.20. The number of thioether (sulfide) groups is 1. The summed E-state index contributed by atoms with van der Waals surface area (Å²) in [5.41, 5.74) is 0. The number of amides is 2. The number of unbranched alkanes of at least 4 members (excludes halogenated alkanes) is 5. The minimum Gasteiger partial charge on any atom is -0.282 e. The molecule has 0 radical (unpaired) electrons. The molecule has 4 heteroatoms. The summed E-state index contributed by atoms with van der Waals surface area (Å²) in [7, 11) is 0. The van der Waals surface area contributed by atoms with Crippen LogP contribution in [0.3, 0.4) is 0 Å². The van der Waals surface area contributed by atoms with E-state index in [1.165, 1.54) is 30.6 Å². The Balaban J connectivity index is 2.20. The Hall–Kier alpha value is -0.510. The molecule has 3 nitrogen and oxygen atoms in total. The Morgan fingerprint density at radius 2 is 1.74 bits per heavy atom. The van der Waals surface area contributed by atoms with Gasteiger partial charge in [0.25, 0.3) is 0 Å². The van der Waals surface area contributed by atoms with Crippen LogP contribution in [0, 0.1) is 0 Å². The van der Waals surface area contributed by atoms with Gasteiger partial charge in [0.05, 0.1) is 5.25 Å². The molecule has 19 heavy (non-hydrogen) atoms. The molecule has 1 fully saturated rings. The summed E-state index contributed by atoms with van der Waals surface area (Å²) in [5, 5.41) is -0.101. The normalized spacial score (nSPS) is 19.5. The fourth-order valence-electron chi connectivity index (χ4n) is 2.27. The molecule has 1 rings (SSSR count). The van der Waals surface area contributed by atoms with Crippen molar-refractivity contribution in [2.45, 2.75) is 70.5 Å². The highest BCUT2D eigenvalue weighted by Gasteiger charge is 2.37. The van der Waals surface area contributed by atoms with Crippen LogP contribution in [0.15, 0.2) is 0 Å². The van der Waals surface area contributed by atoms with Crippen LogP contribution in [0.1, 0.15) is 65.2 Å². The number of rotatable bonds is 10. The van der Waals surface area contributed by atoms with Crippen molar-refractivity contribution in [3.63, 3.8) is 0 Å². The second kappa shape index (κ2) is 9.40. The molecule has 0 saturated carbocycles. The minimum absolute atomic E-state index is 0.0296. The van der Waals surface area contributed by atoms with Gasteiger partial charge < -0.3 is 0 Å². The van der Waals surface area contributed by atoms with E-state index in [9.17, 15) is 9.59 Å². The third-order valence-electron chi connectivity index (χ3n) is 3.50. The van der Waals surface area contributed by atoms with Crippen molar-refractivity contribution in [1.82, 2.24) is 4.90 Å². The van der Waals surface area contributed by atoms with E-state index in [0.717, 1.165) is 25.0 Å². The molecule has 1 unspecified atom stereocenters. The van der Waals surface area contributed by atoms with Crippen molar-refractivity contribution in [3.05, 3.63) is 0 Å². The Labute approximate surface area is 121 Å². The maximum atomic E-state index is 12.1. The third kappa shape index (κ3) is 5.55. The lowest BCUT2D eigenvalue weighted by Gasteiger charge is -2.14. The van der Waals surface area contributed by atoms with Gasteiger partial charge in [0.2, 0.25) is 11.8 Å². The second-order valence-electron chi connectivity index (χ2n) is 5.21. The number of likely N-dealkylation sites (tertiary alicyclic amines) is 1. The lowest BCUT2D eigenvalue weighted by molar-refractivity contribution is -0.138. The third-order valence-corrected chi connectivity index (χ3v) is 4.80. The maximum Gasteiger partial charge on any atom is 0.242 e. The van der Waals surface area contributed by atoms with Crippen molar-refractivity contribution in [3.8, 4) is 0 Å². The number of carbonyl (C=O) groups excluding carboxylic acids is 2. The fraction of sp³-hybridized carbons (Fsp3) is 0.867. The summed E-state index contributed by atoms with van der Waals surface area (Å²) in [6.45, 7) is 4.90. The molecular formula is C15H27NO2S. The molecule has 0 aromatic heterocycles. The predicted octanol–water partition coefficient (Wildman–Crippen LogP) is 3.62. The van der Waals surface area contributed by atoms with Gasteiger partial charge in [-0.25, -0.2) is 0 Å². The molecule has 0 aliphatic carbocycles. The van der Waals surface area contributed by atoms with E-state index in [0.29, 0.717) is 13.0 Å². The van der Waals surface area contributed by atoms with Crippen LogP contribution in [-0.2, 0) is 9.59 Å². The van der Waals surface area contributed by atoms with E-state index in [1.807, 2.05) is 0 Å². The summed E-state index contributed by atoms with van der Waals surface area (Å²) in [4.78, 5) is 25.3. The SMILES string of the molecule is CCCCCCCSC1CC(=O)N(CCCC)C1=O. The zero-order valence-corrected chi connectivity index (χ0v) is 13.1. The molecule has 1 atom stereocenters. The molecule has 110 valence electrons. The molecule has 1 saturated heterocycles. The van der Waals surface area contributed by atoms with Gasteiger partial charge in [-0.05, 0) is 18.6 Å². The van der Waals surface area contributed by atoms with Crippen molar-refractivity contribution in [2.75, 3.05) is 12.3 Å². The van der Waals surface area contributed by atoms with E-state index in [2.05, 4.69) is 13.8 Å². The van der Waals surface area contributed by atoms with E-state index in [-0.39, 0.29) is 17.1 Å². The first-order valence-corrected chi connectivity index (χ1v) is 8.71. The Morgan fingerprint density at radius 1 is 1.05 bits per heavy atom. The number of carbonyl (C=O) groups is 2. The van der Waals surface area contributed by atoms with Crippen molar-refractivity contribution in [2.24, 2.45) is 0 Å². The average Bonchev–Trinajstić information content (AvgIpc) is 2.67. The number of hydrogen-bond donors (Lipinski definition) is 0. The zero-order valence-electron chi connectivity index (χ0n) is 12.3. The van der Waals surface area contributed by atoms with E-state index in [4.69, 9.17) is 0 Å². The molecule has 1 aliphatic heterocycles. The van der Waals surface area contributed by atoms with Crippen LogP contribution in [0.5, 0.6) is 0 Å². The van der Waals surface area contributed by atoms with Gasteiger partial charge >= 0.3 is 0 Å². The van der Waals surface area contributed by atoms with Crippen LogP contribution in [0.4, 0.5) is 0 Å². The average molecular weight is 285 g/mol. The number of hydrogen-bond acceptors (Lipinski definition) is 3. The van der Waals surface area contributed by atoms with E-state index >= 15 is 0 Å². The van der Waals surface area contributed by atoms with Gasteiger partial charge in [0, 0.05) is 13.0 Å². The smallest absolute Gasteiger partial charge is 0.242 e. The molecule has 0 N–H and O–H groups in total. The van der Waals surface area contributed by atoms with Gasteiger partial charge in [-0.2, -0.15) is 0 Å². The molecule has 1 aliphatic rings. The van der Waals surface area contributed by atoms with Gasteiger partial charge in [0.15, 0.2) is 0 Å². The first kappa shape index (κ1) is 16.5. The quantitative estimate of drug-likeness (QED) is 0.454. The second-order valence-corrected chi connectivity index (χ2v) is 6.53. The molecule has 1 heterocycles. The Morgan fingerprint density at radius 3 is 2.42 bits per heavy atom. The van der Waals surface area contributed by atoms with Crippen molar-refractivity contribution < 1.29 is 9.59 Å². The summed E-state index contributed by atoms with van der Waals surface area (Å²) in [6, 6.07) is 0. The van der Waals surface area contributed by atoms with E-state index < -0.39 is 0 Å². The minimum atomic E-state index is -0.101. The maximum absolute atomic E-state index is 12.1. The summed E-state index contributed by atoms with van der Waals surface area (Å²) >= 11 is 1.68. The van der Waals surface area contributed by atoms with Crippen molar-refractivity contribution in [1.29, 1.82) is 0 Å². The van der Waals surface area contributed by atoms with Crippen molar-refractivity contribution >= 4 is 23.6 Å². The van der Waals surface area contributed by atoms with Crippen LogP contribution in [0.25, 0.3) is 0 Å². The van der Waals surface area contributed by atoms with Crippen LogP contribution >= 0.6 is 11.8 Å². The van der Waals surface area contributed by atoms with Gasteiger partial charge in [-0.15, -0.1) is 11.8 Å². The first-order valence-electron chi connectivity index (χ1n) is 7.66. The zero-order chi connectivity index (χ0) is 14.1. The highest BCUT2D eigenvalue weighted by molar-refractivity contribution is 8.00. The summed E-state index contributed by atoms with van der Waals surface area (Å²) < 4.78 is 0. The molecule has 2 amide bonds. The van der Waals surface area contributed by atoms with Gasteiger partial charge in [-0.3, -0.25) is 14.5 Å². The predicted molar refractivity (Wildman–Crippen MR) is 81.3 cm³/mol. The molecule has 0 spiro atoms. The van der Waals surface area contributed by atoms with Crippen LogP contribution in [-0.4, -0.2) is 34.3 Å². The molecule has 0 aromatic carbocycles. The molecule has 0 bridgehead atoms. The molecular weight excluding hydrogens is 258 g/mol. The van der Waals surface area contributed by atoms with Crippen LogP contribution < -0.4 is 0 Å². The number of nitrogens with zero attached hydrogens (tertiary/aromatic N) is 1. The van der Waals surface area contributed by atoms with Gasteiger partial charge in [0.1, 0.15) is 0 Å². The Kier molecular flexibility index (Phi) is 8.19. The van der Waals surface area contributed by atoms with Crippen LogP contribution in [0.2, 0.25) is 0 Å². The lowest BCUT2D eigenvalue weighted by Crippen LogP contribution is -2.32. The highest BCUT2D eigenvalue weighted by atomic mass is 32.2. The van der Waals surface area contributed by atoms with E-state index in [1.54, 1.807) is 11.8 Å². The lowest BCUT2D eigenvalue weighted by atomic mass is 10.2. The largest absolute Gasteiger partial charge is 0.282 e. The summed E-state index contributed by atoms with van der Waals surface area (Å²) in [6.07, 6.45) is 8.62. The fourth-order valence-corrected chi connectivity index (χ4v) is 3.45. The molecule has 0 aromatic rings. The Bertz CT molecular complexity index is 294. The standard InChI is InChI=1S/C15H27NO2S/c1-3-5-7-8-9-11-19-13-12-14(17)16(15(13)18)10-6-4-2/h13H,3-12H2,1-2H3. The summed E-state index contributed by atoms with van der Waals surface area (Å²) in [5.74, 6) is 1.09. The van der Waals surface area contributed by atoms with Gasteiger partial charge in [-0.1, -0.05) is 46.0 Å². The monoisotopic (exact) mass is 285 g/mol. The number of imide groups is 1. The topological polar surface area (TPSA) is 37.4 Å². The highest BCUT2D eigenvalue weighted by Crippen LogP contribution is 2.26.